The molecule has 112 valence electrons. The van der Waals surface area contributed by atoms with Gasteiger partial charge in [0.15, 0.2) is 0 Å². The third-order valence-corrected chi connectivity index (χ3v) is 3.50. The normalized spacial score (nSPS) is 23.3. The number of likely N-dealkylation sites (tertiary alicyclic amines) is 1. The fourth-order valence-electron chi connectivity index (χ4n) is 2.43. The molecule has 0 bridgehead atoms. The first-order chi connectivity index (χ1) is 8.84. The van der Waals surface area contributed by atoms with Gasteiger partial charge in [-0.15, -0.1) is 0 Å². The lowest BCUT2D eigenvalue weighted by atomic mass is 9.97. The number of carbonyl (C=O) groups excluding carboxylic acids is 1. The zero-order chi connectivity index (χ0) is 14.5. The number of rotatable bonds is 6. The van der Waals surface area contributed by atoms with E-state index in [1.54, 1.807) is 4.90 Å². The fourth-order valence-corrected chi connectivity index (χ4v) is 2.43. The number of nitrogens with zero attached hydrogens (tertiary/aromatic N) is 1. The number of likely N-dealkylation sites (N-methyl/N-ethyl adjacent to an activating group) is 1. The Morgan fingerprint density at radius 2 is 2.21 bits per heavy atom. The van der Waals surface area contributed by atoms with Crippen LogP contribution in [-0.2, 0) is 4.79 Å². The molecule has 0 aliphatic carbocycles. The van der Waals surface area contributed by atoms with Crippen molar-refractivity contribution in [3.05, 3.63) is 0 Å². The van der Waals surface area contributed by atoms with E-state index in [0.29, 0.717) is 32.5 Å². The number of hydrogen-bond donors (Lipinski definition) is 2. The fraction of sp³-hybridized carbons (Fsp3) is 0.917. The Bertz CT molecular complexity index is 296. The van der Waals surface area contributed by atoms with Gasteiger partial charge in [-0.3, -0.25) is 4.79 Å². The van der Waals surface area contributed by atoms with Gasteiger partial charge >= 0.3 is 6.18 Å². The summed E-state index contributed by atoms with van der Waals surface area (Å²) in [7, 11) is 0. The number of nitrogens with two attached hydrogens (primary N) is 1. The molecule has 1 saturated heterocycles. The van der Waals surface area contributed by atoms with Crippen molar-refractivity contribution >= 4 is 5.91 Å². The molecule has 7 heteroatoms. The zero-order valence-electron chi connectivity index (χ0n) is 11.2. The van der Waals surface area contributed by atoms with Crippen LogP contribution in [0.3, 0.4) is 0 Å². The molecule has 0 aromatic carbocycles. The molecule has 2 atom stereocenters. The molecule has 1 heterocycles. The zero-order valence-corrected chi connectivity index (χ0v) is 11.2. The van der Waals surface area contributed by atoms with E-state index in [9.17, 15) is 18.0 Å². The highest BCUT2D eigenvalue weighted by Gasteiger charge is 2.41. The molecule has 0 radical (unpaired) electrons. The van der Waals surface area contributed by atoms with Gasteiger partial charge in [-0.05, 0) is 32.4 Å². The Morgan fingerprint density at radius 1 is 1.53 bits per heavy atom. The molecule has 4 nitrogen and oxygen atoms in total. The van der Waals surface area contributed by atoms with Crippen LogP contribution >= 0.6 is 0 Å². The second-order valence-corrected chi connectivity index (χ2v) is 4.98. The number of nitrogens with one attached hydrogen (secondary N) is 1. The molecule has 1 rings (SSSR count). The van der Waals surface area contributed by atoms with E-state index in [0.717, 1.165) is 0 Å². The topological polar surface area (TPSA) is 58.4 Å². The van der Waals surface area contributed by atoms with Crippen LogP contribution in [0.15, 0.2) is 0 Å². The van der Waals surface area contributed by atoms with Crippen LogP contribution in [0, 0.1) is 5.92 Å². The number of piperidine rings is 1. The summed E-state index contributed by atoms with van der Waals surface area (Å²) in [5, 5.41) is 2.94. The lowest BCUT2D eigenvalue weighted by molar-refractivity contribution is -0.186. The predicted molar refractivity (Wildman–Crippen MR) is 66.5 cm³/mol. The smallest absolute Gasteiger partial charge is 0.368 e. The van der Waals surface area contributed by atoms with Gasteiger partial charge in [0, 0.05) is 13.1 Å². The summed E-state index contributed by atoms with van der Waals surface area (Å²) in [5.74, 6) is -1.70. The second kappa shape index (κ2) is 7.09. The lowest BCUT2D eigenvalue weighted by Gasteiger charge is -2.34. The molecular weight excluding hydrogens is 259 g/mol. The van der Waals surface area contributed by atoms with Crippen molar-refractivity contribution in [1.29, 1.82) is 0 Å². The standard InChI is InChI=1S/C12H22F3N3O/c1-2-17-10(11(16)19)5-7-18-6-3-4-9(8-18)12(13,14)15/h9-10,17H,2-8H2,1H3,(H2,16,19). The number of amides is 1. The Morgan fingerprint density at radius 3 is 2.74 bits per heavy atom. The molecule has 1 amide bonds. The van der Waals surface area contributed by atoms with Crippen molar-refractivity contribution in [1.82, 2.24) is 10.2 Å². The second-order valence-electron chi connectivity index (χ2n) is 4.98. The first-order valence-corrected chi connectivity index (χ1v) is 6.66. The molecule has 2 unspecified atom stereocenters. The maximum absolute atomic E-state index is 12.6. The average Bonchev–Trinajstić information content (AvgIpc) is 2.33. The average molecular weight is 281 g/mol. The first-order valence-electron chi connectivity index (χ1n) is 6.66. The third kappa shape index (κ3) is 5.36. The highest BCUT2D eigenvalue weighted by atomic mass is 19.4. The van der Waals surface area contributed by atoms with Crippen molar-refractivity contribution in [2.24, 2.45) is 11.7 Å². The summed E-state index contributed by atoms with van der Waals surface area (Å²) in [4.78, 5) is 12.9. The number of primary amides is 1. The van der Waals surface area contributed by atoms with Gasteiger partial charge in [-0.1, -0.05) is 6.92 Å². The minimum atomic E-state index is -4.12. The molecule has 3 N–H and O–H groups in total. The molecule has 19 heavy (non-hydrogen) atoms. The highest BCUT2D eigenvalue weighted by Crippen LogP contribution is 2.33. The van der Waals surface area contributed by atoms with Gasteiger partial charge in [-0.25, -0.2) is 0 Å². The maximum atomic E-state index is 12.6. The predicted octanol–water partition coefficient (Wildman–Crippen LogP) is 1.11. The molecule has 1 aliphatic rings. The molecule has 0 saturated carbocycles. The molecule has 0 aromatic heterocycles. The van der Waals surface area contributed by atoms with Crippen LogP contribution in [0.2, 0.25) is 0 Å². The largest absolute Gasteiger partial charge is 0.393 e. The van der Waals surface area contributed by atoms with E-state index >= 15 is 0 Å². The van der Waals surface area contributed by atoms with Gasteiger partial charge in [0.05, 0.1) is 12.0 Å². The third-order valence-electron chi connectivity index (χ3n) is 3.50. The summed E-state index contributed by atoms with van der Waals surface area (Å²) in [6, 6.07) is -0.462. The molecule has 0 aromatic rings. The van der Waals surface area contributed by atoms with E-state index < -0.39 is 24.0 Å². The molecular formula is C12H22F3N3O. The Hall–Kier alpha value is -0.820. The van der Waals surface area contributed by atoms with Crippen LogP contribution < -0.4 is 11.1 Å². The number of carbonyl (C=O) groups is 1. The first kappa shape index (κ1) is 16.2. The van der Waals surface area contributed by atoms with Crippen molar-refractivity contribution < 1.29 is 18.0 Å². The van der Waals surface area contributed by atoms with E-state index in [2.05, 4.69) is 5.32 Å². The van der Waals surface area contributed by atoms with Gasteiger partial charge < -0.3 is 16.0 Å². The van der Waals surface area contributed by atoms with Crippen LogP contribution in [0.1, 0.15) is 26.2 Å². The van der Waals surface area contributed by atoms with Crippen LogP contribution in [0.5, 0.6) is 0 Å². The number of hydrogen-bond acceptors (Lipinski definition) is 3. The van der Waals surface area contributed by atoms with E-state index in [-0.39, 0.29) is 13.0 Å². The van der Waals surface area contributed by atoms with Crippen LogP contribution in [0.25, 0.3) is 0 Å². The van der Waals surface area contributed by atoms with Gasteiger partial charge in [0.1, 0.15) is 0 Å². The quantitative estimate of drug-likeness (QED) is 0.767. The highest BCUT2D eigenvalue weighted by molar-refractivity contribution is 5.79. The van der Waals surface area contributed by atoms with Gasteiger partial charge in [0.2, 0.25) is 5.91 Å². The Balaban J connectivity index is 2.42. The lowest BCUT2D eigenvalue weighted by Crippen LogP contribution is -2.46. The van der Waals surface area contributed by atoms with E-state index in [1.165, 1.54) is 0 Å². The maximum Gasteiger partial charge on any atom is 0.393 e. The van der Waals surface area contributed by atoms with Crippen molar-refractivity contribution in [2.45, 2.75) is 38.4 Å². The summed E-state index contributed by atoms with van der Waals surface area (Å²) in [6.07, 6.45) is -2.92. The molecule has 0 spiro atoms. The van der Waals surface area contributed by atoms with Crippen molar-refractivity contribution in [3.63, 3.8) is 0 Å². The molecule has 1 fully saturated rings. The van der Waals surface area contributed by atoms with Crippen LogP contribution in [-0.4, -0.2) is 49.2 Å². The number of halogens is 3. The van der Waals surface area contributed by atoms with E-state index in [4.69, 9.17) is 5.73 Å². The SMILES string of the molecule is CCNC(CCN1CCCC(C(F)(F)F)C1)C(N)=O. The van der Waals surface area contributed by atoms with Gasteiger partial charge in [-0.2, -0.15) is 13.2 Å². The molecule has 1 aliphatic heterocycles. The van der Waals surface area contributed by atoms with Crippen molar-refractivity contribution in [2.75, 3.05) is 26.2 Å². The van der Waals surface area contributed by atoms with Gasteiger partial charge in [0.25, 0.3) is 0 Å². The monoisotopic (exact) mass is 281 g/mol. The Labute approximate surface area is 111 Å². The minimum Gasteiger partial charge on any atom is -0.368 e. The summed E-state index contributed by atoms with van der Waals surface area (Å²) >= 11 is 0. The Kier molecular flexibility index (Phi) is 6.06. The number of alkyl halides is 3. The van der Waals surface area contributed by atoms with Crippen molar-refractivity contribution in [3.8, 4) is 0 Å². The summed E-state index contributed by atoms with van der Waals surface area (Å²) in [5.41, 5.74) is 5.23. The summed E-state index contributed by atoms with van der Waals surface area (Å²) in [6.45, 7) is 3.62. The summed E-state index contributed by atoms with van der Waals surface area (Å²) < 4.78 is 37.9. The van der Waals surface area contributed by atoms with Crippen LogP contribution in [0.4, 0.5) is 13.2 Å². The van der Waals surface area contributed by atoms with E-state index in [1.807, 2.05) is 6.92 Å². The minimum absolute atomic E-state index is 0.0289.